The summed E-state index contributed by atoms with van der Waals surface area (Å²) in [6.07, 6.45) is -0.0109. The van der Waals surface area contributed by atoms with E-state index in [4.69, 9.17) is 16.3 Å². The van der Waals surface area contributed by atoms with Gasteiger partial charge in [0.1, 0.15) is 6.54 Å². The maximum Gasteiger partial charge on any atom is 0.369 e. The van der Waals surface area contributed by atoms with E-state index in [1.54, 1.807) is 29.2 Å². The molecule has 2 aromatic rings. The summed E-state index contributed by atoms with van der Waals surface area (Å²) in [7, 11) is 0. The first-order chi connectivity index (χ1) is 11.1. The molecule has 1 amide bonds. The molecule has 1 aliphatic rings. The average Bonchev–Trinajstić information content (AvgIpc) is 2.89. The summed E-state index contributed by atoms with van der Waals surface area (Å²) in [5, 5.41) is 7.95. The highest BCUT2D eigenvalue weighted by Gasteiger charge is 2.23. The predicted molar refractivity (Wildman–Crippen MR) is 82.6 cm³/mol. The third-order valence-electron chi connectivity index (χ3n) is 3.60. The summed E-state index contributed by atoms with van der Waals surface area (Å²) in [4.78, 5) is 26.3. The lowest BCUT2D eigenvalue weighted by Crippen LogP contribution is -2.46. The Morgan fingerprint density at radius 3 is 2.91 bits per heavy atom. The second kappa shape index (κ2) is 6.51. The zero-order chi connectivity index (χ0) is 16.4. The van der Waals surface area contributed by atoms with E-state index in [-0.39, 0.29) is 18.6 Å². The molecule has 1 aromatic heterocycles. The fourth-order valence-electron chi connectivity index (χ4n) is 2.42. The number of amides is 1. The van der Waals surface area contributed by atoms with Gasteiger partial charge in [-0.3, -0.25) is 4.79 Å². The summed E-state index contributed by atoms with van der Waals surface area (Å²) in [6.45, 7) is 3.26. The summed E-state index contributed by atoms with van der Waals surface area (Å²) >= 11 is 6.06. The lowest BCUT2D eigenvalue weighted by Gasteiger charge is -2.30. The molecule has 122 valence electrons. The van der Waals surface area contributed by atoms with Crippen molar-refractivity contribution in [3.05, 3.63) is 39.8 Å². The Morgan fingerprint density at radius 1 is 1.39 bits per heavy atom. The van der Waals surface area contributed by atoms with Crippen LogP contribution in [0.25, 0.3) is 5.69 Å². The molecule has 0 radical (unpaired) electrons. The number of hydrogen-bond donors (Lipinski definition) is 0. The van der Waals surface area contributed by atoms with Crippen molar-refractivity contribution < 1.29 is 9.53 Å². The molecule has 0 saturated carbocycles. The summed E-state index contributed by atoms with van der Waals surface area (Å²) in [5.41, 5.74) is -0.0781. The Bertz CT molecular complexity index is 772. The van der Waals surface area contributed by atoms with Crippen LogP contribution in [0.3, 0.4) is 0 Å². The fraction of sp³-hybridized carbons (Fsp3) is 0.429. The van der Waals surface area contributed by atoms with Gasteiger partial charge in [0.15, 0.2) is 0 Å². The normalized spacial score (nSPS) is 18.2. The van der Waals surface area contributed by atoms with Crippen molar-refractivity contribution in [2.24, 2.45) is 0 Å². The van der Waals surface area contributed by atoms with E-state index in [2.05, 4.69) is 10.4 Å². The number of morpholine rings is 1. The molecule has 0 aliphatic carbocycles. The number of ether oxygens (including phenoxy) is 1. The van der Waals surface area contributed by atoms with Gasteiger partial charge in [-0.1, -0.05) is 23.7 Å². The molecule has 1 saturated heterocycles. The standard InChI is InChI=1S/C14H16ClN5O3/c1-10-8-18(6-7-23-10)13(21)9-19-14(22)20(17-16-19)12-5-3-2-4-11(12)15/h2-5,10H,6-9H2,1H3/t10-/m1/s1. The SMILES string of the molecule is C[C@@H]1CN(C(=O)Cn2nnn(-c3ccccc3Cl)c2=O)CCO1. The molecule has 0 unspecified atom stereocenters. The number of benzene rings is 1. The number of para-hydroxylation sites is 1. The van der Waals surface area contributed by atoms with Gasteiger partial charge in [0.25, 0.3) is 0 Å². The van der Waals surface area contributed by atoms with E-state index in [9.17, 15) is 9.59 Å². The minimum absolute atomic E-state index is 0.0109. The zero-order valence-electron chi connectivity index (χ0n) is 12.6. The molecule has 9 heteroatoms. The zero-order valence-corrected chi connectivity index (χ0v) is 13.3. The average molecular weight is 338 g/mol. The number of nitrogens with zero attached hydrogens (tertiary/aromatic N) is 5. The van der Waals surface area contributed by atoms with Crippen LogP contribution >= 0.6 is 11.6 Å². The molecule has 3 rings (SSSR count). The highest BCUT2D eigenvalue weighted by Crippen LogP contribution is 2.16. The number of aromatic nitrogens is 4. The molecule has 0 N–H and O–H groups in total. The molecule has 1 aromatic carbocycles. The first kappa shape index (κ1) is 15.7. The number of halogens is 1. The minimum Gasteiger partial charge on any atom is -0.375 e. The van der Waals surface area contributed by atoms with Gasteiger partial charge in [-0.05, 0) is 29.5 Å². The Labute approximate surface area is 137 Å². The lowest BCUT2D eigenvalue weighted by molar-refractivity contribution is -0.139. The molecule has 2 heterocycles. The third kappa shape index (κ3) is 3.27. The van der Waals surface area contributed by atoms with Gasteiger partial charge < -0.3 is 9.64 Å². The topological polar surface area (TPSA) is 82.3 Å². The molecular weight excluding hydrogens is 322 g/mol. The first-order valence-corrected chi connectivity index (χ1v) is 7.61. The third-order valence-corrected chi connectivity index (χ3v) is 3.92. The molecule has 1 atom stereocenters. The number of tetrazole rings is 1. The quantitative estimate of drug-likeness (QED) is 0.806. The van der Waals surface area contributed by atoms with Crippen LogP contribution < -0.4 is 5.69 Å². The van der Waals surface area contributed by atoms with E-state index in [0.717, 1.165) is 9.36 Å². The van der Waals surface area contributed by atoms with Crippen LogP contribution in [0, 0.1) is 0 Å². The monoisotopic (exact) mass is 337 g/mol. The Balaban J connectivity index is 1.79. The summed E-state index contributed by atoms with van der Waals surface area (Å²) < 4.78 is 7.51. The second-order valence-corrected chi connectivity index (χ2v) is 5.71. The maximum atomic E-state index is 12.4. The molecule has 23 heavy (non-hydrogen) atoms. The number of carbonyl (C=O) groups is 1. The van der Waals surface area contributed by atoms with Gasteiger partial charge in [0.05, 0.1) is 23.4 Å². The molecule has 1 fully saturated rings. The van der Waals surface area contributed by atoms with Crippen molar-refractivity contribution in [2.75, 3.05) is 19.7 Å². The van der Waals surface area contributed by atoms with Crippen LogP contribution in [0.5, 0.6) is 0 Å². The van der Waals surface area contributed by atoms with E-state index in [1.807, 2.05) is 6.92 Å². The maximum absolute atomic E-state index is 12.4. The van der Waals surface area contributed by atoms with Crippen LogP contribution in [-0.2, 0) is 16.1 Å². The second-order valence-electron chi connectivity index (χ2n) is 5.30. The Morgan fingerprint density at radius 2 is 2.17 bits per heavy atom. The van der Waals surface area contributed by atoms with Crippen molar-refractivity contribution in [3.63, 3.8) is 0 Å². The number of carbonyl (C=O) groups excluding carboxylic acids is 1. The van der Waals surface area contributed by atoms with Gasteiger partial charge in [0, 0.05) is 13.1 Å². The van der Waals surface area contributed by atoms with Crippen molar-refractivity contribution in [1.82, 2.24) is 24.7 Å². The molecule has 0 spiro atoms. The van der Waals surface area contributed by atoms with Crippen molar-refractivity contribution >= 4 is 17.5 Å². The van der Waals surface area contributed by atoms with Gasteiger partial charge in [-0.2, -0.15) is 9.36 Å². The van der Waals surface area contributed by atoms with Crippen molar-refractivity contribution in [1.29, 1.82) is 0 Å². The van der Waals surface area contributed by atoms with Crippen molar-refractivity contribution in [2.45, 2.75) is 19.6 Å². The van der Waals surface area contributed by atoms with Crippen LogP contribution in [0.2, 0.25) is 5.02 Å². The highest BCUT2D eigenvalue weighted by molar-refractivity contribution is 6.32. The van der Waals surface area contributed by atoms with E-state index in [1.165, 1.54) is 0 Å². The fourth-order valence-corrected chi connectivity index (χ4v) is 2.64. The molecule has 8 nitrogen and oxygen atoms in total. The van der Waals surface area contributed by atoms with Gasteiger partial charge in [0.2, 0.25) is 5.91 Å². The summed E-state index contributed by atoms with van der Waals surface area (Å²) in [5.74, 6) is -0.187. The predicted octanol–water partition coefficient (Wildman–Crippen LogP) is 0.330. The van der Waals surface area contributed by atoms with E-state index < -0.39 is 5.69 Å². The van der Waals surface area contributed by atoms with Gasteiger partial charge in [-0.15, -0.1) is 0 Å². The van der Waals surface area contributed by atoms with E-state index >= 15 is 0 Å². The molecule has 1 aliphatic heterocycles. The number of rotatable bonds is 3. The summed E-state index contributed by atoms with van der Waals surface area (Å²) in [6, 6.07) is 6.81. The lowest BCUT2D eigenvalue weighted by atomic mass is 10.3. The van der Waals surface area contributed by atoms with E-state index in [0.29, 0.717) is 30.4 Å². The van der Waals surface area contributed by atoms with Crippen LogP contribution in [-0.4, -0.2) is 56.4 Å². The van der Waals surface area contributed by atoms with Gasteiger partial charge in [-0.25, -0.2) is 4.79 Å². The molecule has 0 bridgehead atoms. The van der Waals surface area contributed by atoms with Crippen LogP contribution in [0.15, 0.2) is 29.1 Å². The van der Waals surface area contributed by atoms with Gasteiger partial charge >= 0.3 is 5.69 Å². The smallest absolute Gasteiger partial charge is 0.369 e. The largest absolute Gasteiger partial charge is 0.375 e. The highest BCUT2D eigenvalue weighted by atomic mass is 35.5. The van der Waals surface area contributed by atoms with Crippen LogP contribution in [0.1, 0.15) is 6.92 Å². The number of hydrogen-bond acceptors (Lipinski definition) is 5. The molecular formula is C14H16ClN5O3. The van der Waals surface area contributed by atoms with Crippen LogP contribution in [0.4, 0.5) is 0 Å². The minimum atomic E-state index is -0.507. The first-order valence-electron chi connectivity index (χ1n) is 7.23. The Hall–Kier alpha value is -2.19. The van der Waals surface area contributed by atoms with Crippen molar-refractivity contribution in [3.8, 4) is 5.69 Å². The Kier molecular flexibility index (Phi) is 4.44.